The molecule has 5 rings (SSSR count). The van der Waals surface area contributed by atoms with Gasteiger partial charge in [-0.25, -0.2) is 4.79 Å². The molecule has 1 aromatic heterocycles. The van der Waals surface area contributed by atoms with Gasteiger partial charge in [0.1, 0.15) is 53.5 Å². The van der Waals surface area contributed by atoms with Gasteiger partial charge in [0, 0.05) is 23.8 Å². The van der Waals surface area contributed by atoms with Crippen molar-refractivity contribution in [3.05, 3.63) is 64.3 Å². The van der Waals surface area contributed by atoms with Crippen LogP contribution in [-0.4, -0.2) is 96.4 Å². The first-order valence-corrected chi connectivity index (χ1v) is 13.6. The molecule has 47 heavy (non-hydrogen) atoms. The smallest absolute Gasteiger partial charge is 0.330 e. The lowest BCUT2D eigenvalue weighted by Gasteiger charge is -2.39. The van der Waals surface area contributed by atoms with Crippen molar-refractivity contribution >= 4 is 23.0 Å². The van der Waals surface area contributed by atoms with E-state index in [1.165, 1.54) is 31.4 Å². The fourth-order valence-corrected chi connectivity index (χ4v) is 4.74. The summed E-state index contributed by atoms with van der Waals surface area (Å²) in [5.41, 5.74) is -1.25. The minimum absolute atomic E-state index is 0.114. The van der Waals surface area contributed by atoms with Gasteiger partial charge in [0.2, 0.25) is 17.5 Å². The second-order valence-corrected chi connectivity index (χ2v) is 10.3. The molecule has 0 amide bonds. The van der Waals surface area contributed by atoms with Crippen molar-refractivity contribution in [3.8, 4) is 57.3 Å². The summed E-state index contributed by atoms with van der Waals surface area (Å²) in [5.74, 6) is -5.99. The number of carbonyl (C=O) groups excluding carboxylic acids is 1. The van der Waals surface area contributed by atoms with Crippen molar-refractivity contribution in [2.75, 3.05) is 13.7 Å². The van der Waals surface area contributed by atoms with Crippen LogP contribution in [0, 0.1) is 0 Å². The van der Waals surface area contributed by atoms with Gasteiger partial charge in [-0.2, -0.15) is 0 Å². The van der Waals surface area contributed by atoms with Crippen molar-refractivity contribution in [1.29, 1.82) is 0 Å². The molecular formula is C31H28O16. The van der Waals surface area contributed by atoms with E-state index in [2.05, 4.69) is 0 Å². The maximum atomic E-state index is 13.6. The minimum Gasteiger partial charge on any atom is -0.508 e. The number of benzene rings is 3. The average molecular weight is 657 g/mol. The van der Waals surface area contributed by atoms with Crippen LogP contribution in [0.1, 0.15) is 5.56 Å². The molecule has 0 saturated carbocycles. The van der Waals surface area contributed by atoms with Gasteiger partial charge < -0.3 is 69.3 Å². The zero-order valence-corrected chi connectivity index (χ0v) is 24.2. The monoisotopic (exact) mass is 656 g/mol. The molecule has 3 aromatic carbocycles. The van der Waals surface area contributed by atoms with Crippen LogP contribution in [-0.2, 0) is 14.3 Å². The maximum absolute atomic E-state index is 13.6. The van der Waals surface area contributed by atoms with Gasteiger partial charge in [0.05, 0.1) is 7.11 Å². The van der Waals surface area contributed by atoms with Crippen LogP contribution in [0.15, 0.2) is 57.8 Å². The van der Waals surface area contributed by atoms with Crippen molar-refractivity contribution in [2.24, 2.45) is 0 Å². The number of esters is 1. The molecule has 2 heterocycles. The van der Waals surface area contributed by atoms with E-state index >= 15 is 0 Å². The van der Waals surface area contributed by atoms with Gasteiger partial charge >= 0.3 is 5.97 Å². The molecule has 0 radical (unpaired) electrons. The van der Waals surface area contributed by atoms with Crippen LogP contribution in [0.4, 0.5) is 0 Å². The van der Waals surface area contributed by atoms with Crippen LogP contribution >= 0.6 is 0 Å². The number of aliphatic hydroxyl groups excluding tert-OH is 3. The Labute approximate surface area is 263 Å². The lowest BCUT2D eigenvalue weighted by atomic mass is 9.99. The highest BCUT2D eigenvalue weighted by Crippen LogP contribution is 2.43. The van der Waals surface area contributed by atoms with Gasteiger partial charge in [-0.05, 0) is 35.9 Å². The summed E-state index contributed by atoms with van der Waals surface area (Å²) in [7, 11) is 1.35. The molecule has 16 heteroatoms. The SMILES string of the molecule is COc1cc(C=CC(=O)OC[C@H]2O[C@@H](Oc3c(-c4cc(O)c(O)c(O)c4)oc4cc(O)cc(O)c4c3=O)[C@H](O)[C@@H](O)[C@H]2O)ccc1O. The molecule has 1 fully saturated rings. The van der Waals surface area contributed by atoms with E-state index in [9.17, 15) is 55.5 Å². The molecule has 1 saturated heterocycles. The largest absolute Gasteiger partial charge is 0.508 e. The van der Waals surface area contributed by atoms with Crippen molar-refractivity contribution < 1.29 is 74.1 Å². The summed E-state index contributed by atoms with van der Waals surface area (Å²) in [4.78, 5) is 26.0. The van der Waals surface area contributed by atoms with Crippen LogP contribution < -0.4 is 14.9 Å². The number of phenolic OH excluding ortho intramolecular Hbond substituents is 6. The molecular weight excluding hydrogens is 628 g/mol. The number of carbonyl (C=O) groups is 1. The van der Waals surface area contributed by atoms with Gasteiger partial charge in [0.15, 0.2) is 34.5 Å². The molecule has 16 nitrogen and oxygen atoms in total. The third-order valence-electron chi connectivity index (χ3n) is 7.16. The number of hydrogen-bond donors (Lipinski definition) is 9. The molecule has 0 aliphatic carbocycles. The summed E-state index contributed by atoms with van der Waals surface area (Å²) in [6.07, 6.45) is -6.88. The van der Waals surface area contributed by atoms with Crippen LogP contribution in [0.3, 0.4) is 0 Å². The quantitative estimate of drug-likeness (QED) is 0.0731. The average Bonchev–Trinajstić information content (AvgIpc) is 3.03. The van der Waals surface area contributed by atoms with E-state index in [4.69, 9.17) is 23.4 Å². The van der Waals surface area contributed by atoms with E-state index in [0.29, 0.717) is 5.56 Å². The molecule has 0 bridgehead atoms. The van der Waals surface area contributed by atoms with Crippen LogP contribution in [0.2, 0.25) is 0 Å². The molecule has 0 unspecified atom stereocenters. The molecule has 4 aromatic rings. The second kappa shape index (κ2) is 13.0. The first-order valence-electron chi connectivity index (χ1n) is 13.6. The first kappa shape index (κ1) is 32.7. The Kier molecular flexibility index (Phi) is 9.03. The number of methoxy groups -OCH3 is 1. The maximum Gasteiger partial charge on any atom is 0.330 e. The van der Waals surface area contributed by atoms with Crippen LogP contribution in [0.5, 0.6) is 46.0 Å². The molecule has 1 aliphatic rings. The molecule has 5 atom stereocenters. The highest BCUT2D eigenvalue weighted by atomic mass is 16.7. The highest BCUT2D eigenvalue weighted by molar-refractivity contribution is 5.89. The Hall–Kier alpha value is -5.68. The van der Waals surface area contributed by atoms with Gasteiger partial charge in [-0.3, -0.25) is 4.79 Å². The lowest BCUT2D eigenvalue weighted by Crippen LogP contribution is -2.60. The molecule has 248 valence electrons. The Balaban J connectivity index is 1.43. The molecule has 1 aliphatic heterocycles. The summed E-state index contributed by atoms with van der Waals surface area (Å²) < 4.78 is 27.0. The fourth-order valence-electron chi connectivity index (χ4n) is 4.74. The van der Waals surface area contributed by atoms with E-state index < -0.39 is 94.4 Å². The third kappa shape index (κ3) is 6.52. The normalized spacial score (nSPS) is 21.1. The van der Waals surface area contributed by atoms with E-state index in [1.54, 1.807) is 0 Å². The second-order valence-electron chi connectivity index (χ2n) is 10.3. The zero-order valence-electron chi connectivity index (χ0n) is 24.2. The summed E-state index contributed by atoms with van der Waals surface area (Å²) >= 11 is 0. The van der Waals surface area contributed by atoms with E-state index in [1.807, 2.05) is 0 Å². The standard InChI is InChI=1S/C31H28O16/c1-43-19-6-12(2-4-15(19)33)3-5-22(37)44-11-21-25(39)27(41)28(42)31(46-21)47-30-26(40)23-16(34)9-14(32)10-20(23)45-29(30)13-7-17(35)24(38)18(36)8-13/h2-10,21,25,27-28,31-36,38-39,41-42H,11H2,1H3/t21-,25+,27+,28-,31+/m1/s1. The number of ether oxygens (including phenoxy) is 4. The zero-order chi connectivity index (χ0) is 34.2. The summed E-state index contributed by atoms with van der Waals surface area (Å²) in [6.45, 7) is -0.675. The van der Waals surface area contributed by atoms with Gasteiger partial charge in [-0.15, -0.1) is 0 Å². The molecule has 0 spiro atoms. The summed E-state index contributed by atoms with van der Waals surface area (Å²) in [5, 5.41) is 91.2. The number of hydrogen-bond acceptors (Lipinski definition) is 16. The number of aliphatic hydroxyl groups is 3. The van der Waals surface area contributed by atoms with Crippen molar-refractivity contribution in [1.82, 2.24) is 0 Å². The fraction of sp³-hybridized carbons (Fsp3) is 0.226. The van der Waals surface area contributed by atoms with E-state index in [-0.39, 0.29) is 22.6 Å². The number of aromatic hydroxyl groups is 6. The summed E-state index contributed by atoms with van der Waals surface area (Å²) in [6, 6.07) is 7.88. The highest BCUT2D eigenvalue weighted by Gasteiger charge is 2.46. The Morgan fingerprint density at radius 2 is 1.57 bits per heavy atom. The Morgan fingerprint density at radius 3 is 2.26 bits per heavy atom. The first-order chi connectivity index (χ1) is 22.3. The predicted molar refractivity (Wildman–Crippen MR) is 158 cm³/mol. The number of rotatable bonds is 8. The number of fused-ring (bicyclic) bond motifs is 1. The Morgan fingerprint density at radius 1 is 0.872 bits per heavy atom. The minimum atomic E-state index is -2.01. The topological polar surface area (TPSA) is 266 Å². The number of phenols is 6. The Bertz CT molecular complexity index is 1890. The van der Waals surface area contributed by atoms with Crippen molar-refractivity contribution in [3.63, 3.8) is 0 Å². The predicted octanol–water partition coefficient (Wildman–Crippen LogP) is 1.15. The van der Waals surface area contributed by atoms with E-state index in [0.717, 1.165) is 30.3 Å². The lowest BCUT2D eigenvalue weighted by molar-refractivity contribution is -0.278. The van der Waals surface area contributed by atoms with Gasteiger partial charge in [-0.1, -0.05) is 6.07 Å². The van der Waals surface area contributed by atoms with Crippen LogP contribution in [0.25, 0.3) is 28.4 Å². The van der Waals surface area contributed by atoms with Crippen molar-refractivity contribution in [2.45, 2.75) is 30.7 Å². The third-order valence-corrected chi connectivity index (χ3v) is 7.16. The van der Waals surface area contributed by atoms with Gasteiger partial charge in [0.25, 0.3) is 0 Å². The molecule has 9 N–H and O–H groups in total.